The van der Waals surface area contributed by atoms with Crippen molar-refractivity contribution in [3.05, 3.63) is 24.3 Å². The second-order valence-corrected chi connectivity index (χ2v) is 5.40. The maximum absolute atomic E-state index is 11.7. The second-order valence-electron chi connectivity index (χ2n) is 5.40. The first-order chi connectivity index (χ1) is 11.0. The van der Waals surface area contributed by atoms with E-state index in [0.717, 1.165) is 0 Å². The number of amides is 2. The van der Waals surface area contributed by atoms with Crippen molar-refractivity contribution in [2.24, 2.45) is 0 Å². The summed E-state index contributed by atoms with van der Waals surface area (Å²) in [4.78, 5) is 25.4. The maximum Gasteiger partial charge on any atom is 0.238 e. The number of rotatable bonds is 10. The highest BCUT2D eigenvalue weighted by molar-refractivity contribution is 5.93. The number of methoxy groups -OCH3 is 1. The highest BCUT2D eigenvalue weighted by Gasteiger charge is 2.04. The molecule has 2 amide bonds. The molecule has 0 saturated carbocycles. The first-order valence-electron chi connectivity index (χ1n) is 7.55. The van der Waals surface area contributed by atoms with E-state index in [2.05, 4.69) is 16.0 Å². The number of ether oxygens (including phenoxy) is 1. The smallest absolute Gasteiger partial charge is 0.238 e. The molecule has 0 atom stereocenters. The van der Waals surface area contributed by atoms with Crippen LogP contribution in [0.15, 0.2) is 24.3 Å². The Balaban J connectivity index is 0. The zero-order chi connectivity index (χ0) is 17.1. The molecule has 1 rings (SSSR count). The van der Waals surface area contributed by atoms with E-state index in [1.54, 1.807) is 31.4 Å². The van der Waals surface area contributed by atoms with Gasteiger partial charge in [-0.3, -0.25) is 9.59 Å². The summed E-state index contributed by atoms with van der Waals surface area (Å²) in [6.07, 6.45) is 0.443. The third-order valence-corrected chi connectivity index (χ3v) is 3.01. The lowest BCUT2D eigenvalue weighted by molar-refractivity contribution is -0.116. The van der Waals surface area contributed by atoms with Crippen LogP contribution in [0.4, 0.5) is 11.4 Å². The Labute approximate surface area is 161 Å². The topological polar surface area (TPSA) is 82.7 Å². The van der Waals surface area contributed by atoms with Gasteiger partial charge < -0.3 is 25.6 Å². The van der Waals surface area contributed by atoms with Gasteiger partial charge in [0, 0.05) is 38.0 Å². The number of nitrogens with zero attached hydrogens (tertiary/aromatic N) is 1. The predicted octanol–water partition coefficient (Wildman–Crippen LogP) is 1.59. The number of nitrogens with one attached hydrogen (secondary N) is 3. The van der Waals surface area contributed by atoms with E-state index in [1.165, 1.54) is 0 Å². The molecule has 9 heteroatoms. The third kappa shape index (κ3) is 12.6. The van der Waals surface area contributed by atoms with Gasteiger partial charge in [0.1, 0.15) is 0 Å². The average molecular weight is 395 g/mol. The fourth-order valence-corrected chi connectivity index (χ4v) is 1.77. The third-order valence-electron chi connectivity index (χ3n) is 3.01. The molecule has 0 unspecified atom stereocenters. The van der Waals surface area contributed by atoms with Gasteiger partial charge in [0.15, 0.2) is 0 Å². The van der Waals surface area contributed by atoms with Crippen LogP contribution < -0.4 is 16.0 Å². The van der Waals surface area contributed by atoms with Gasteiger partial charge in [-0.25, -0.2) is 0 Å². The summed E-state index contributed by atoms with van der Waals surface area (Å²) < 4.78 is 4.89. The van der Waals surface area contributed by atoms with Gasteiger partial charge in [-0.1, -0.05) is 0 Å². The Morgan fingerprint density at radius 1 is 1.00 bits per heavy atom. The van der Waals surface area contributed by atoms with Crippen LogP contribution in [0.3, 0.4) is 0 Å². The fourth-order valence-electron chi connectivity index (χ4n) is 1.77. The van der Waals surface area contributed by atoms with Crippen molar-refractivity contribution in [2.75, 3.05) is 58.1 Å². The number of hydrogen-bond donors (Lipinski definition) is 3. The maximum atomic E-state index is 11.7. The summed E-state index contributed by atoms with van der Waals surface area (Å²) in [5.74, 6) is -0.151. The van der Waals surface area contributed by atoms with Gasteiger partial charge in [-0.15, -0.1) is 24.8 Å². The van der Waals surface area contributed by atoms with Gasteiger partial charge in [0.05, 0.1) is 13.2 Å². The van der Waals surface area contributed by atoms with Crippen LogP contribution in [-0.4, -0.2) is 64.2 Å². The van der Waals surface area contributed by atoms with Gasteiger partial charge in [-0.2, -0.15) is 0 Å². The molecule has 0 spiro atoms. The minimum atomic E-state index is -0.121. The van der Waals surface area contributed by atoms with E-state index in [9.17, 15) is 9.59 Å². The second kappa shape index (κ2) is 14.9. The molecule has 0 fully saturated rings. The monoisotopic (exact) mass is 394 g/mol. The number of carbonyl (C=O) groups is 2. The molecule has 144 valence electrons. The summed E-state index contributed by atoms with van der Waals surface area (Å²) in [7, 11) is 5.46. The van der Waals surface area contributed by atoms with E-state index < -0.39 is 0 Å². The van der Waals surface area contributed by atoms with Crippen LogP contribution in [0.5, 0.6) is 0 Å². The lowest BCUT2D eigenvalue weighted by atomic mass is 10.2. The molecular formula is C16H28Cl2N4O3. The van der Waals surface area contributed by atoms with Crippen molar-refractivity contribution < 1.29 is 14.3 Å². The fraction of sp³-hybridized carbons (Fsp3) is 0.500. The zero-order valence-corrected chi connectivity index (χ0v) is 16.5. The molecule has 0 aromatic heterocycles. The van der Waals surface area contributed by atoms with Crippen molar-refractivity contribution in [3.8, 4) is 0 Å². The van der Waals surface area contributed by atoms with Crippen LogP contribution >= 0.6 is 24.8 Å². The highest BCUT2D eigenvalue weighted by Crippen LogP contribution is 2.13. The summed E-state index contributed by atoms with van der Waals surface area (Å²) in [6, 6.07) is 7.05. The molecule has 1 aromatic carbocycles. The lowest BCUT2D eigenvalue weighted by Crippen LogP contribution is -2.30. The summed E-state index contributed by atoms with van der Waals surface area (Å²) in [5, 5.41) is 8.57. The Bertz CT molecular complexity index is 499. The number of anilines is 2. The van der Waals surface area contributed by atoms with E-state index in [1.807, 2.05) is 19.0 Å². The molecule has 0 aliphatic heterocycles. The van der Waals surface area contributed by atoms with Crippen LogP contribution in [0.25, 0.3) is 0 Å². The van der Waals surface area contributed by atoms with Crippen molar-refractivity contribution in [3.63, 3.8) is 0 Å². The van der Waals surface area contributed by atoms with E-state index in [-0.39, 0.29) is 43.2 Å². The van der Waals surface area contributed by atoms with E-state index in [0.29, 0.717) is 37.5 Å². The average Bonchev–Trinajstić information content (AvgIpc) is 2.51. The number of benzene rings is 1. The quantitative estimate of drug-likeness (QED) is 0.525. The molecule has 0 radical (unpaired) electrons. The number of carbonyl (C=O) groups excluding carboxylic acids is 2. The molecule has 1 aromatic rings. The zero-order valence-electron chi connectivity index (χ0n) is 14.8. The molecule has 0 saturated heterocycles. The lowest BCUT2D eigenvalue weighted by Gasteiger charge is -2.10. The van der Waals surface area contributed by atoms with Crippen LogP contribution in [0, 0.1) is 0 Å². The Morgan fingerprint density at radius 2 is 1.52 bits per heavy atom. The molecular weight excluding hydrogens is 367 g/mol. The molecule has 0 aliphatic carbocycles. The number of hydrogen-bond acceptors (Lipinski definition) is 5. The summed E-state index contributed by atoms with van der Waals surface area (Å²) in [5.41, 5.74) is 1.40. The first kappa shape index (κ1) is 25.9. The van der Waals surface area contributed by atoms with Crippen molar-refractivity contribution in [1.29, 1.82) is 0 Å². The van der Waals surface area contributed by atoms with E-state index >= 15 is 0 Å². The van der Waals surface area contributed by atoms with Gasteiger partial charge in [0.2, 0.25) is 11.8 Å². The van der Waals surface area contributed by atoms with Crippen molar-refractivity contribution in [1.82, 2.24) is 10.2 Å². The Kier molecular flexibility index (Phi) is 15.4. The minimum absolute atomic E-state index is 0. The molecule has 7 nitrogen and oxygen atoms in total. The van der Waals surface area contributed by atoms with Crippen LogP contribution in [0.1, 0.15) is 6.42 Å². The SMILES string of the molecule is COCCNCC(=O)Nc1ccc(NC(=O)CCN(C)C)cc1.Cl.Cl. The van der Waals surface area contributed by atoms with Gasteiger partial charge >= 0.3 is 0 Å². The molecule has 0 bridgehead atoms. The van der Waals surface area contributed by atoms with Crippen molar-refractivity contribution >= 4 is 48.0 Å². The standard InChI is InChI=1S/C16H26N4O3.2ClH/c1-20(2)10-8-15(21)18-13-4-6-14(7-5-13)19-16(22)12-17-9-11-23-3;;/h4-7,17H,8-12H2,1-3H3,(H,18,21)(H,19,22);2*1H. The first-order valence-corrected chi connectivity index (χ1v) is 7.55. The largest absolute Gasteiger partial charge is 0.383 e. The Morgan fingerprint density at radius 3 is 2.00 bits per heavy atom. The van der Waals surface area contributed by atoms with Crippen molar-refractivity contribution in [2.45, 2.75) is 6.42 Å². The normalized spacial score (nSPS) is 9.76. The molecule has 3 N–H and O–H groups in total. The highest BCUT2D eigenvalue weighted by atomic mass is 35.5. The van der Waals surface area contributed by atoms with Crippen LogP contribution in [0.2, 0.25) is 0 Å². The van der Waals surface area contributed by atoms with E-state index in [4.69, 9.17) is 4.74 Å². The van der Waals surface area contributed by atoms with Crippen LogP contribution in [-0.2, 0) is 14.3 Å². The molecule has 25 heavy (non-hydrogen) atoms. The summed E-state index contributed by atoms with van der Waals surface area (Å²) >= 11 is 0. The van der Waals surface area contributed by atoms with Gasteiger partial charge in [0.25, 0.3) is 0 Å². The molecule has 0 heterocycles. The number of halogens is 2. The minimum Gasteiger partial charge on any atom is -0.383 e. The van der Waals surface area contributed by atoms with Gasteiger partial charge in [-0.05, 0) is 38.4 Å². The predicted molar refractivity (Wildman–Crippen MR) is 106 cm³/mol. The Hall–Kier alpha value is -1.38. The molecule has 0 aliphatic rings. The summed E-state index contributed by atoms with van der Waals surface area (Å²) in [6.45, 7) is 2.12.